The van der Waals surface area contributed by atoms with Crippen LogP contribution in [0, 0.1) is 23.4 Å². The van der Waals surface area contributed by atoms with Crippen LogP contribution in [-0.4, -0.2) is 6.61 Å². The minimum atomic E-state index is -3.36. The Morgan fingerprint density at radius 1 is 0.909 bits per heavy atom. The van der Waals surface area contributed by atoms with E-state index in [0.717, 1.165) is 36.3 Å². The smallest absolute Gasteiger partial charge is 0.387 e. The fraction of sp³-hybridized carbons (Fsp3) is 0.407. The van der Waals surface area contributed by atoms with Crippen molar-refractivity contribution in [1.82, 2.24) is 0 Å². The molecule has 3 aromatic carbocycles. The lowest BCUT2D eigenvalue weighted by atomic mass is 9.77. The second-order valence-corrected chi connectivity index (χ2v) is 8.92. The van der Waals surface area contributed by atoms with Crippen molar-refractivity contribution in [3.8, 4) is 16.9 Å². The van der Waals surface area contributed by atoms with E-state index in [1.54, 1.807) is 12.1 Å². The van der Waals surface area contributed by atoms with E-state index >= 15 is 4.39 Å². The van der Waals surface area contributed by atoms with E-state index < -0.39 is 29.8 Å². The second kappa shape index (κ2) is 10.1. The molecule has 1 nitrogen and oxygen atoms in total. The zero-order chi connectivity index (χ0) is 23.5. The van der Waals surface area contributed by atoms with E-state index in [1.807, 2.05) is 12.1 Å². The van der Waals surface area contributed by atoms with Crippen LogP contribution in [0.3, 0.4) is 0 Å². The lowest BCUT2D eigenvalue weighted by Gasteiger charge is -2.29. The Labute approximate surface area is 190 Å². The van der Waals surface area contributed by atoms with E-state index in [4.69, 9.17) is 0 Å². The third-order valence-electron chi connectivity index (χ3n) is 6.78. The molecule has 0 amide bonds. The van der Waals surface area contributed by atoms with Gasteiger partial charge >= 0.3 is 6.61 Å². The molecule has 0 bridgehead atoms. The van der Waals surface area contributed by atoms with Crippen molar-refractivity contribution in [2.75, 3.05) is 0 Å². The summed E-state index contributed by atoms with van der Waals surface area (Å²) >= 11 is 0. The molecule has 6 heteroatoms. The highest BCUT2D eigenvalue weighted by molar-refractivity contribution is 5.89. The van der Waals surface area contributed by atoms with Crippen molar-refractivity contribution >= 4 is 10.8 Å². The molecule has 1 aliphatic rings. The van der Waals surface area contributed by atoms with Crippen LogP contribution in [0.15, 0.2) is 42.5 Å². The van der Waals surface area contributed by atoms with E-state index in [9.17, 15) is 17.6 Å². The number of unbranched alkanes of at least 4 members (excludes halogenated alkanes) is 1. The monoisotopic (exact) mass is 462 g/mol. The number of halogens is 5. The van der Waals surface area contributed by atoms with E-state index in [2.05, 4.69) is 11.7 Å². The van der Waals surface area contributed by atoms with Gasteiger partial charge in [-0.3, -0.25) is 0 Å². The molecule has 0 atom stereocenters. The molecule has 1 aliphatic carbocycles. The van der Waals surface area contributed by atoms with Crippen molar-refractivity contribution in [3.63, 3.8) is 0 Å². The van der Waals surface area contributed by atoms with Crippen LogP contribution in [0.4, 0.5) is 22.0 Å². The molecule has 1 fully saturated rings. The Morgan fingerprint density at radius 3 is 2.24 bits per heavy atom. The van der Waals surface area contributed by atoms with Crippen LogP contribution in [0.1, 0.15) is 63.4 Å². The van der Waals surface area contributed by atoms with Gasteiger partial charge in [0.25, 0.3) is 0 Å². The Balaban J connectivity index is 1.58. The van der Waals surface area contributed by atoms with Gasteiger partial charge in [-0.25, -0.2) is 13.2 Å². The summed E-state index contributed by atoms with van der Waals surface area (Å²) < 4.78 is 72.2. The molecule has 0 radical (unpaired) electrons. The van der Waals surface area contributed by atoms with Crippen LogP contribution >= 0.6 is 0 Å². The average molecular weight is 463 g/mol. The molecule has 0 N–H and O–H groups in total. The maximum Gasteiger partial charge on any atom is 0.387 e. The number of rotatable bonds is 7. The molecule has 0 saturated heterocycles. The Morgan fingerprint density at radius 2 is 1.61 bits per heavy atom. The van der Waals surface area contributed by atoms with Gasteiger partial charge < -0.3 is 4.74 Å². The largest absolute Gasteiger partial charge is 0.429 e. The molecule has 0 unspecified atom stereocenters. The summed E-state index contributed by atoms with van der Waals surface area (Å²) in [5.41, 5.74) is 1.10. The lowest BCUT2D eigenvalue weighted by molar-refractivity contribution is -0.0546. The zero-order valence-electron chi connectivity index (χ0n) is 18.5. The molecule has 176 valence electrons. The molecule has 0 spiro atoms. The third kappa shape index (κ3) is 5.15. The summed E-state index contributed by atoms with van der Waals surface area (Å²) in [4.78, 5) is 0. The van der Waals surface area contributed by atoms with Crippen molar-refractivity contribution < 1.29 is 26.7 Å². The fourth-order valence-electron chi connectivity index (χ4n) is 4.98. The van der Waals surface area contributed by atoms with Crippen LogP contribution in [0.5, 0.6) is 5.75 Å². The van der Waals surface area contributed by atoms with Gasteiger partial charge in [-0.2, -0.15) is 8.78 Å². The highest BCUT2D eigenvalue weighted by Crippen LogP contribution is 2.39. The van der Waals surface area contributed by atoms with Crippen LogP contribution in [-0.2, 0) is 0 Å². The Bertz CT molecular complexity index is 1100. The third-order valence-corrected chi connectivity index (χ3v) is 6.78. The highest BCUT2D eigenvalue weighted by Gasteiger charge is 2.23. The fourth-order valence-corrected chi connectivity index (χ4v) is 4.98. The average Bonchev–Trinajstić information content (AvgIpc) is 2.80. The molecule has 0 aromatic heterocycles. The van der Waals surface area contributed by atoms with E-state index in [1.165, 1.54) is 43.7 Å². The van der Waals surface area contributed by atoms with Gasteiger partial charge in [-0.15, -0.1) is 0 Å². The topological polar surface area (TPSA) is 9.23 Å². The quantitative estimate of drug-likeness (QED) is 0.318. The summed E-state index contributed by atoms with van der Waals surface area (Å²) in [6, 6.07) is 10.4. The van der Waals surface area contributed by atoms with Gasteiger partial charge in [0.15, 0.2) is 17.4 Å². The van der Waals surface area contributed by atoms with E-state index in [0.29, 0.717) is 11.3 Å². The van der Waals surface area contributed by atoms with E-state index in [-0.39, 0.29) is 11.1 Å². The second-order valence-electron chi connectivity index (χ2n) is 8.92. The molecule has 4 rings (SSSR count). The van der Waals surface area contributed by atoms with Crippen LogP contribution in [0.2, 0.25) is 0 Å². The van der Waals surface area contributed by atoms with Gasteiger partial charge in [-0.1, -0.05) is 56.5 Å². The number of hydrogen-bond donors (Lipinski definition) is 0. The number of ether oxygens (including phenoxy) is 1. The summed E-state index contributed by atoms with van der Waals surface area (Å²) in [6.07, 6.45) is 8.51. The summed E-state index contributed by atoms with van der Waals surface area (Å²) in [6.45, 7) is -1.15. The lowest BCUT2D eigenvalue weighted by Crippen LogP contribution is -2.13. The minimum absolute atomic E-state index is 0.00641. The normalized spacial score (nSPS) is 18.8. The summed E-state index contributed by atoms with van der Waals surface area (Å²) in [5.74, 6) is -3.14. The van der Waals surface area contributed by atoms with Crippen molar-refractivity contribution in [2.24, 2.45) is 5.92 Å². The summed E-state index contributed by atoms with van der Waals surface area (Å²) in [7, 11) is 0. The SMILES string of the molecule is CCCCC1CCC(c2ccc3c(F)c(-c4cc(F)c(OC(F)F)c(F)c4)ccc3c2)CC1. The van der Waals surface area contributed by atoms with Crippen LogP contribution in [0.25, 0.3) is 21.9 Å². The van der Waals surface area contributed by atoms with Gasteiger partial charge in [-0.05, 0) is 66.2 Å². The van der Waals surface area contributed by atoms with Crippen LogP contribution < -0.4 is 4.74 Å². The zero-order valence-corrected chi connectivity index (χ0v) is 18.5. The first kappa shape index (κ1) is 23.5. The number of alkyl halides is 2. The van der Waals surface area contributed by atoms with Gasteiger partial charge in [0, 0.05) is 10.9 Å². The maximum atomic E-state index is 15.3. The number of fused-ring (bicyclic) bond motifs is 1. The van der Waals surface area contributed by atoms with Gasteiger partial charge in [0.2, 0.25) is 0 Å². The number of hydrogen-bond acceptors (Lipinski definition) is 1. The molecular formula is C27H27F5O. The standard InChI is InChI=1S/C27H27F5O/c1-2-3-4-16-5-7-17(8-6-16)18-9-11-21-19(13-18)10-12-22(25(21)30)20-14-23(28)26(24(29)15-20)33-27(31)32/h9-17,27H,2-8H2,1H3. The Hall–Kier alpha value is -2.63. The predicted octanol–water partition coefficient (Wildman–Crippen LogP) is 8.99. The molecule has 1 saturated carbocycles. The summed E-state index contributed by atoms with van der Waals surface area (Å²) in [5, 5.41) is 1.07. The van der Waals surface area contributed by atoms with Crippen molar-refractivity contribution in [3.05, 3.63) is 65.5 Å². The molecular weight excluding hydrogens is 435 g/mol. The minimum Gasteiger partial charge on any atom is -0.429 e. The first-order chi connectivity index (χ1) is 15.9. The molecule has 33 heavy (non-hydrogen) atoms. The first-order valence-corrected chi connectivity index (χ1v) is 11.5. The van der Waals surface area contributed by atoms with Gasteiger partial charge in [0.1, 0.15) is 5.82 Å². The van der Waals surface area contributed by atoms with Crippen molar-refractivity contribution in [2.45, 2.75) is 64.4 Å². The predicted molar refractivity (Wildman–Crippen MR) is 120 cm³/mol. The molecule has 0 heterocycles. The molecule has 0 aliphatic heterocycles. The van der Waals surface area contributed by atoms with Crippen molar-refractivity contribution in [1.29, 1.82) is 0 Å². The molecule has 3 aromatic rings. The maximum absolute atomic E-state index is 15.3. The Kier molecular flexibility index (Phi) is 7.20. The van der Waals surface area contributed by atoms with Gasteiger partial charge in [0.05, 0.1) is 0 Å². The highest BCUT2D eigenvalue weighted by atomic mass is 19.3. The number of benzene rings is 3. The first-order valence-electron chi connectivity index (χ1n) is 11.5.